The second-order valence-electron chi connectivity index (χ2n) is 7.52. The third-order valence-electron chi connectivity index (χ3n) is 5.37. The zero-order valence-corrected chi connectivity index (χ0v) is 19.6. The van der Waals surface area contributed by atoms with E-state index in [0.717, 1.165) is 23.2 Å². The summed E-state index contributed by atoms with van der Waals surface area (Å²) in [5, 5.41) is 3.01. The Labute approximate surface area is 189 Å². The number of hydrogen-bond acceptors (Lipinski definition) is 4. The van der Waals surface area contributed by atoms with Gasteiger partial charge in [0.2, 0.25) is 10.0 Å². The number of benzene rings is 3. The number of sulfonamides is 1. The molecule has 7 heteroatoms. The van der Waals surface area contributed by atoms with Gasteiger partial charge in [0, 0.05) is 30.4 Å². The van der Waals surface area contributed by atoms with E-state index in [4.69, 9.17) is 4.74 Å². The van der Waals surface area contributed by atoms with E-state index in [1.165, 1.54) is 18.5 Å². The Hall–Kier alpha value is -3.16. The number of anilines is 1. The fourth-order valence-corrected chi connectivity index (χ4v) is 4.70. The molecule has 3 aromatic rings. The number of carbonyl (C=O) groups is 1. The molecule has 0 spiro atoms. The van der Waals surface area contributed by atoms with Gasteiger partial charge in [-0.15, -0.1) is 0 Å². The van der Waals surface area contributed by atoms with Crippen LogP contribution in [-0.2, 0) is 23.0 Å². The molecule has 1 amide bonds. The number of nitrogens with zero attached hydrogens (tertiary/aromatic N) is 1. The zero-order chi connectivity index (χ0) is 23.3. The van der Waals surface area contributed by atoms with Crippen LogP contribution in [0.2, 0.25) is 0 Å². The molecule has 0 saturated carbocycles. The molecule has 168 valence electrons. The van der Waals surface area contributed by atoms with Gasteiger partial charge in [0.1, 0.15) is 5.75 Å². The lowest BCUT2D eigenvalue weighted by Gasteiger charge is -2.19. The highest BCUT2D eigenvalue weighted by Gasteiger charge is 2.22. The first-order valence-electron chi connectivity index (χ1n) is 10.4. The first kappa shape index (κ1) is 23.5. The van der Waals surface area contributed by atoms with Crippen molar-refractivity contribution in [3.05, 3.63) is 89.0 Å². The summed E-state index contributed by atoms with van der Waals surface area (Å²) >= 11 is 0. The minimum absolute atomic E-state index is 0.0616. The first-order chi connectivity index (χ1) is 15.3. The van der Waals surface area contributed by atoms with Crippen LogP contribution in [0.1, 0.15) is 34.0 Å². The summed E-state index contributed by atoms with van der Waals surface area (Å²) in [6.07, 6.45) is 0.799. The van der Waals surface area contributed by atoms with Crippen LogP contribution in [0.15, 0.2) is 71.6 Å². The average molecular weight is 453 g/mol. The maximum atomic E-state index is 13.0. The number of aryl methyl sites for hydroxylation is 2. The maximum absolute atomic E-state index is 13.0. The van der Waals surface area contributed by atoms with Gasteiger partial charge in [-0.05, 0) is 54.8 Å². The van der Waals surface area contributed by atoms with E-state index in [1.54, 1.807) is 48.5 Å². The molecule has 0 bridgehead atoms. The zero-order valence-electron chi connectivity index (χ0n) is 18.8. The van der Waals surface area contributed by atoms with Gasteiger partial charge in [0.05, 0.1) is 12.0 Å². The second-order valence-corrected chi connectivity index (χ2v) is 9.56. The van der Waals surface area contributed by atoms with E-state index in [1.807, 2.05) is 32.0 Å². The van der Waals surface area contributed by atoms with Crippen LogP contribution in [0.4, 0.5) is 5.69 Å². The van der Waals surface area contributed by atoms with Crippen molar-refractivity contribution in [2.24, 2.45) is 0 Å². The quantitative estimate of drug-likeness (QED) is 0.540. The molecular formula is C25H28N2O4S. The number of nitrogens with one attached hydrogen (secondary N) is 1. The minimum atomic E-state index is -3.68. The minimum Gasteiger partial charge on any atom is -0.496 e. The largest absolute Gasteiger partial charge is 0.496 e. The lowest BCUT2D eigenvalue weighted by Crippen LogP contribution is -2.27. The monoisotopic (exact) mass is 452 g/mol. The Morgan fingerprint density at radius 1 is 1.00 bits per heavy atom. The Morgan fingerprint density at radius 3 is 2.38 bits per heavy atom. The van der Waals surface area contributed by atoms with E-state index in [9.17, 15) is 13.2 Å². The van der Waals surface area contributed by atoms with Crippen LogP contribution in [0.3, 0.4) is 0 Å². The van der Waals surface area contributed by atoms with Crippen molar-refractivity contribution in [1.82, 2.24) is 4.31 Å². The molecule has 0 aromatic heterocycles. The van der Waals surface area contributed by atoms with Crippen molar-refractivity contribution in [3.8, 4) is 5.75 Å². The Balaban J connectivity index is 1.88. The fourth-order valence-electron chi connectivity index (χ4n) is 3.53. The molecular weight excluding hydrogens is 424 g/mol. The summed E-state index contributed by atoms with van der Waals surface area (Å²) in [5.74, 6) is 0.258. The van der Waals surface area contributed by atoms with E-state index in [2.05, 4.69) is 5.32 Å². The van der Waals surface area contributed by atoms with Crippen LogP contribution < -0.4 is 10.1 Å². The summed E-state index contributed by atoms with van der Waals surface area (Å²) in [4.78, 5) is 13.2. The molecule has 0 atom stereocenters. The SMILES string of the molecule is CCc1cccc(C)c1NC(=O)c1ccc(OC)c(CN(C)S(=O)(=O)c2ccccc2)c1. The first-order valence-corrected chi connectivity index (χ1v) is 11.8. The van der Waals surface area contributed by atoms with Crippen LogP contribution in [0, 0.1) is 6.92 Å². The smallest absolute Gasteiger partial charge is 0.255 e. The number of methoxy groups -OCH3 is 1. The number of amides is 1. The van der Waals surface area contributed by atoms with Crippen molar-refractivity contribution in [1.29, 1.82) is 0 Å². The molecule has 32 heavy (non-hydrogen) atoms. The third kappa shape index (κ3) is 5.00. The lowest BCUT2D eigenvalue weighted by atomic mass is 10.0. The van der Waals surface area contributed by atoms with E-state index in [-0.39, 0.29) is 17.3 Å². The van der Waals surface area contributed by atoms with Crippen LogP contribution in [0.5, 0.6) is 5.75 Å². The standard InChI is InChI=1S/C25H28N2O4S/c1-5-19-11-9-10-18(2)24(19)26-25(28)20-14-15-23(31-4)21(16-20)17-27(3)32(29,30)22-12-7-6-8-13-22/h6-16H,5,17H2,1-4H3,(H,26,28). The summed E-state index contributed by atoms with van der Waals surface area (Å²) in [6, 6.07) is 19.2. The average Bonchev–Trinajstić information content (AvgIpc) is 2.80. The maximum Gasteiger partial charge on any atom is 0.255 e. The van der Waals surface area contributed by atoms with Gasteiger partial charge < -0.3 is 10.1 Å². The summed E-state index contributed by atoms with van der Waals surface area (Å²) in [5.41, 5.74) is 3.88. The Morgan fingerprint density at radius 2 is 1.72 bits per heavy atom. The van der Waals surface area contributed by atoms with Gasteiger partial charge in [-0.25, -0.2) is 8.42 Å². The molecule has 1 N–H and O–H groups in total. The topological polar surface area (TPSA) is 75.7 Å². The highest BCUT2D eigenvalue weighted by molar-refractivity contribution is 7.89. The molecule has 3 rings (SSSR count). The number of carbonyl (C=O) groups excluding carboxylic acids is 1. The van der Waals surface area contributed by atoms with Crippen molar-refractivity contribution in [2.45, 2.75) is 31.7 Å². The molecule has 0 saturated heterocycles. The van der Waals surface area contributed by atoms with Crippen molar-refractivity contribution < 1.29 is 17.9 Å². The highest BCUT2D eigenvalue weighted by atomic mass is 32.2. The molecule has 0 fully saturated rings. The van der Waals surface area contributed by atoms with E-state index in [0.29, 0.717) is 16.9 Å². The predicted octanol–water partition coefficient (Wildman–Crippen LogP) is 4.64. The van der Waals surface area contributed by atoms with E-state index >= 15 is 0 Å². The number of hydrogen-bond donors (Lipinski definition) is 1. The van der Waals surface area contributed by atoms with Crippen LogP contribution >= 0.6 is 0 Å². The van der Waals surface area contributed by atoms with Gasteiger partial charge in [0.25, 0.3) is 5.91 Å². The number of para-hydroxylation sites is 1. The van der Waals surface area contributed by atoms with Crippen molar-refractivity contribution >= 4 is 21.6 Å². The highest BCUT2D eigenvalue weighted by Crippen LogP contribution is 2.26. The molecule has 0 unspecified atom stereocenters. The van der Waals surface area contributed by atoms with Crippen molar-refractivity contribution in [2.75, 3.05) is 19.5 Å². The van der Waals surface area contributed by atoms with E-state index < -0.39 is 10.0 Å². The molecule has 3 aromatic carbocycles. The molecule has 0 aliphatic heterocycles. The second kappa shape index (κ2) is 9.97. The van der Waals surface area contributed by atoms with Gasteiger partial charge in [-0.2, -0.15) is 4.31 Å². The summed E-state index contributed by atoms with van der Waals surface area (Å²) in [6.45, 7) is 4.06. The van der Waals surface area contributed by atoms with Crippen molar-refractivity contribution in [3.63, 3.8) is 0 Å². The normalized spacial score (nSPS) is 11.4. The molecule has 0 aliphatic carbocycles. The number of rotatable bonds is 8. The molecule has 0 aliphatic rings. The third-order valence-corrected chi connectivity index (χ3v) is 7.18. The van der Waals surface area contributed by atoms with Gasteiger partial charge >= 0.3 is 0 Å². The summed E-state index contributed by atoms with van der Waals surface area (Å²) < 4.78 is 32.5. The van der Waals surface area contributed by atoms with Gasteiger partial charge in [-0.1, -0.05) is 43.3 Å². The van der Waals surface area contributed by atoms with Gasteiger partial charge in [-0.3, -0.25) is 4.79 Å². The predicted molar refractivity (Wildman–Crippen MR) is 127 cm³/mol. The van der Waals surface area contributed by atoms with Crippen LogP contribution in [0.25, 0.3) is 0 Å². The van der Waals surface area contributed by atoms with Crippen LogP contribution in [-0.4, -0.2) is 32.8 Å². The molecule has 0 heterocycles. The molecule has 6 nitrogen and oxygen atoms in total. The van der Waals surface area contributed by atoms with Gasteiger partial charge in [0.15, 0.2) is 0 Å². The Kier molecular flexibility index (Phi) is 7.33. The lowest BCUT2D eigenvalue weighted by molar-refractivity contribution is 0.102. The summed E-state index contributed by atoms with van der Waals surface area (Å²) in [7, 11) is -0.653. The molecule has 0 radical (unpaired) electrons. The Bertz CT molecular complexity index is 1210. The fraction of sp³-hybridized carbons (Fsp3) is 0.240. The number of ether oxygens (including phenoxy) is 1.